The average Bonchev–Trinajstić information content (AvgIpc) is 3.33. The highest BCUT2D eigenvalue weighted by atomic mass is 16.2. The van der Waals surface area contributed by atoms with Crippen LogP contribution in [0.3, 0.4) is 0 Å². The van der Waals surface area contributed by atoms with E-state index in [4.69, 9.17) is 0 Å². The lowest BCUT2D eigenvalue weighted by molar-refractivity contribution is -0.132. The Morgan fingerprint density at radius 1 is 1.04 bits per heavy atom. The van der Waals surface area contributed by atoms with E-state index < -0.39 is 0 Å². The van der Waals surface area contributed by atoms with Gasteiger partial charge in [-0.3, -0.25) is 9.69 Å². The molecule has 5 nitrogen and oxygen atoms in total. The third-order valence-corrected chi connectivity index (χ3v) is 6.25. The number of amides is 1. The van der Waals surface area contributed by atoms with Crippen molar-refractivity contribution in [3.63, 3.8) is 0 Å². The summed E-state index contributed by atoms with van der Waals surface area (Å²) in [6, 6.07) is 10.7. The third-order valence-electron chi connectivity index (χ3n) is 6.25. The van der Waals surface area contributed by atoms with Gasteiger partial charge in [-0.1, -0.05) is 18.2 Å². The molecule has 0 aliphatic carbocycles. The summed E-state index contributed by atoms with van der Waals surface area (Å²) in [6.07, 6.45) is 3.27. The van der Waals surface area contributed by atoms with Gasteiger partial charge in [-0.15, -0.1) is 0 Å². The van der Waals surface area contributed by atoms with Crippen LogP contribution in [-0.4, -0.2) is 73.1 Å². The summed E-state index contributed by atoms with van der Waals surface area (Å²) in [7, 11) is 0. The van der Waals surface area contributed by atoms with Crippen LogP contribution in [0.25, 0.3) is 0 Å². The molecule has 2 atom stereocenters. The maximum Gasteiger partial charge on any atom is 0.239 e. The Bertz CT molecular complexity index is 593. The van der Waals surface area contributed by atoms with Gasteiger partial charge in [-0.05, 0) is 38.3 Å². The Labute approximate surface area is 151 Å². The van der Waals surface area contributed by atoms with Gasteiger partial charge in [0.2, 0.25) is 5.91 Å². The molecule has 136 valence electrons. The van der Waals surface area contributed by atoms with Gasteiger partial charge >= 0.3 is 0 Å². The molecule has 1 N–H and O–H groups in total. The summed E-state index contributed by atoms with van der Waals surface area (Å²) in [5.41, 5.74) is 1.42. The monoisotopic (exact) mass is 342 g/mol. The van der Waals surface area contributed by atoms with Crippen molar-refractivity contribution in [1.29, 1.82) is 0 Å². The van der Waals surface area contributed by atoms with Gasteiger partial charge in [-0.25, -0.2) is 0 Å². The van der Waals surface area contributed by atoms with E-state index in [-0.39, 0.29) is 11.6 Å². The van der Waals surface area contributed by atoms with E-state index >= 15 is 0 Å². The Balaban J connectivity index is 1.34. The third kappa shape index (κ3) is 3.40. The summed E-state index contributed by atoms with van der Waals surface area (Å²) >= 11 is 0. The van der Waals surface area contributed by atoms with E-state index in [1.807, 2.05) is 0 Å². The molecule has 3 fully saturated rings. The van der Waals surface area contributed by atoms with Crippen LogP contribution >= 0.6 is 0 Å². The number of nitrogens with one attached hydrogen (secondary N) is 1. The van der Waals surface area contributed by atoms with E-state index in [0.717, 1.165) is 65.1 Å². The lowest BCUT2D eigenvalue weighted by Crippen LogP contribution is -2.57. The lowest BCUT2D eigenvalue weighted by atomic mass is 9.94. The van der Waals surface area contributed by atoms with Crippen molar-refractivity contribution < 1.29 is 4.79 Å². The highest BCUT2D eigenvalue weighted by Gasteiger charge is 2.44. The van der Waals surface area contributed by atoms with Crippen molar-refractivity contribution in [1.82, 2.24) is 15.1 Å². The highest BCUT2D eigenvalue weighted by molar-refractivity contribution is 5.82. The minimum absolute atomic E-state index is 0.00949. The van der Waals surface area contributed by atoms with E-state index in [2.05, 4.69) is 57.3 Å². The molecule has 3 heterocycles. The van der Waals surface area contributed by atoms with E-state index in [1.54, 1.807) is 0 Å². The number of hydrogen-bond acceptors (Lipinski definition) is 4. The number of piperazine rings is 1. The van der Waals surface area contributed by atoms with Crippen LogP contribution < -0.4 is 10.2 Å². The van der Waals surface area contributed by atoms with Crippen molar-refractivity contribution in [2.75, 3.05) is 50.7 Å². The molecule has 0 unspecified atom stereocenters. The van der Waals surface area contributed by atoms with Gasteiger partial charge in [0.1, 0.15) is 0 Å². The minimum atomic E-state index is 0.00949. The fourth-order valence-corrected chi connectivity index (χ4v) is 4.64. The van der Waals surface area contributed by atoms with Crippen molar-refractivity contribution in [2.24, 2.45) is 0 Å². The van der Waals surface area contributed by atoms with Crippen molar-refractivity contribution in [3.05, 3.63) is 30.3 Å². The fraction of sp³-hybridized carbons (Fsp3) is 0.650. The molecule has 25 heavy (non-hydrogen) atoms. The summed E-state index contributed by atoms with van der Waals surface area (Å²) in [5, 5.41) is 3.52. The molecule has 0 bridgehead atoms. The number of hydrogen-bond donors (Lipinski definition) is 1. The SMILES string of the molecule is C[C@@]1(N2CCN(c3ccccc3)CC2)CN[C@H](C(=O)N2CCCC2)C1. The number of carbonyl (C=O) groups excluding carboxylic acids is 1. The van der Waals surface area contributed by atoms with E-state index in [1.165, 1.54) is 5.69 Å². The number of carbonyl (C=O) groups is 1. The topological polar surface area (TPSA) is 38.8 Å². The molecule has 1 aromatic rings. The highest BCUT2D eigenvalue weighted by Crippen LogP contribution is 2.29. The molecule has 3 saturated heterocycles. The van der Waals surface area contributed by atoms with Crippen LogP contribution in [0.2, 0.25) is 0 Å². The summed E-state index contributed by atoms with van der Waals surface area (Å²) in [4.78, 5) is 19.8. The first kappa shape index (κ1) is 16.9. The molecule has 3 aliphatic heterocycles. The van der Waals surface area contributed by atoms with Gasteiger partial charge in [0.05, 0.1) is 6.04 Å². The second-order valence-corrected chi connectivity index (χ2v) is 7.98. The Hall–Kier alpha value is -1.59. The van der Waals surface area contributed by atoms with E-state index in [0.29, 0.717) is 5.91 Å². The second-order valence-electron chi connectivity index (χ2n) is 7.98. The Kier molecular flexibility index (Phi) is 4.69. The average molecular weight is 342 g/mol. The zero-order valence-corrected chi connectivity index (χ0v) is 15.3. The molecule has 0 aromatic heterocycles. The maximum absolute atomic E-state index is 12.7. The van der Waals surface area contributed by atoms with Gasteiger partial charge in [0, 0.05) is 57.0 Å². The second kappa shape index (κ2) is 6.96. The number of para-hydroxylation sites is 1. The minimum Gasteiger partial charge on any atom is -0.369 e. The maximum atomic E-state index is 12.7. The summed E-state index contributed by atoms with van der Waals surface area (Å²) in [5.74, 6) is 0.323. The molecule has 0 spiro atoms. The molecular formula is C20H30N4O. The van der Waals surface area contributed by atoms with E-state index in [9.17, 15) is 4.79 Å². The van der Waals surface area contributed by atoms with Gasteiger partial charge in [0.15, 0.2) is 0 Å². The van der Waals surface area contributed by atoms with Gasteiger partial charge in [-0.2, -0.15) is 0 Å². The number of rotatable bonds is 3. The molecule has 4 rings (SSSR count). The normalized spacial score (nSPS) is 30.8. The largest absolute Gasteiger partial charge is 0.369 e. The van der Waals surface area contributed by atoms with Crippen molar-refractivity contribution in [2.45, 2.75) is 37.8 Å². The quantitative estimate of drug-likeness (QED) is 0.905. The van der Waals surface area contributed by atoms with Gasteiger partial charge in [0.25, 0.3) is 0 Å². The molecule has 3 aliphatic rings. The van der Waals surface area contributed by atoms with Gasteiger partial charge < -0.3 is 15.1 Å². The van der Waals surface area contributed by atoms with Crippen molar-refractivity contribution >= 4 is 11.6 Å². The first-order valence-corrected chi connectivity index (χ1v) is 9.73. The molecule has 1 aromatic carbocycles. The predicted molar refractivity (Wildman–Crippen MR) is 101 cm³/mol. The summed E-state index contributed by atoms with van der Waals surface area (Å²) in [6.45, 7) is 9.40. The van der Waals surface area contributed by atoms with Crippen LogP contribution in [0, 0.1) is 0 Å². The summed E-state index contributed by atoms with van der Waals surface area (Å²) < 4.78 is 0. The number of anilines is 1. The number of nitrogens with zero attached hydrogens (tertiary/aromatic N) is 3. The smallest absolute Gasteiger partial charge is 0.239 e. The molecule has 0 radical (unpaired) electrons. The van der Waals surface area contributed by atoms with Crippen LogP contribution in [0.5, 0.6) is 0 Å². The predicted octanol–water partition coefficient (Wildman–Crippen LogP) is 1.55. The number of benzene rings is 1. The molecule has 5 heteroatoms. The fourth-order valence-electron chi connectivity index (χ4n) is 4.64. The lowest BCUT2D eigenvalue weighted by Gasteiger charge is -2.44. The molecule has 1 amide bonds. The zero-order chi connectivity index (χ0) is 17.3. The van der Waals surface area contributed by atoms with Crippen LogP contribution in [0.4, 0.5) is 5.69 Å². The molecule has 0 saturated carbocycles. The Morgan fingerprint density at radius 2 is 1.72 bits per heavy atom. The number of likely N-dealkylation sites (tertiary alicyclic amines) is 1. The van der Waals surface area contributed by atoms with Crippen LogP contribution in [0.15, 0.2) is 30.3 Å². The Morgan fingerprint density at radius 3 is 2.40 bits per heavy atom. The zero-order valence-electron chi connectivity index (χ0n) is 15.3. The standard InChI is InChI=1S/C20H30N4O/c1-20(15-18(21-16-20)19(25)23-9-5-6-10-23)24-13-11-22(12-14-24)17-7-3-2-4-8-17/h2-4,7-8,18,21H,5-6,9-16H2,1H3/t18-,20-/m0/s1. The first-order chi connectivity index (χ1) is 12.2. The van der Waals surface area contributed by atoms with Crippen molar-refractivity contribution in [3.8, 4) is 0 Å². The first-order valence-electron chi connectivity index (χ1n) is 9.73. The van der Waals surface area contributed by atoms with Crippen LogP contribution in [0.1, 0.15) is 26.2 Å². The molecular weight excluding hydrogens is 312 g/mol. The van der Waals surface area contributed by atoms with Crippen LogP contribution in [-0.2, 0) is 4.79 Å².